The topological polar surface area (TPSA) is 21.3 Å². The summed E-state index contributed by atoms with van der Waals surface area (Å²) in [7, 11) is 0. The highest BCUT2D eigenvalue weighted by atomic mass is 79.9. The molecule has 0 unspecified atom stereocenters. The van der Waals surface area contributed by atoms with Crippen LogP contribution in [0.5, 0.6) is 5.75 Å². The zero-order valence-electron chi connectivity index (χ0n) is 10.6. The van der Waals surface area contributed by atoms with Crippen LogP contribution in [0.25, 0.3) is 0 Å². The van der Waals surface area contributed by atoms with Gasteiger partial charge in [0, 0.05) is 22.8 Å². The number of benzene rings is 2. The average Bonchev–Trinajstić information content (AvgIpc) is 2.38. The maximum absolute atomic E-state index is 13.0. The zero-order valence-corrected chi connectivity index (χ0v) is 12.2. The Morgan fingerprint density at radius 1 is 1.21 bits per heavy atom. The van der Waals surface area contributed by atoms with Crippen LogP contribution in [0.4, 0.5) is 10.1 Å². The number of hydrogen-bond acceptors (Lipinski definition) is 2. The predicted octanol–water partition coefficient (Wildman–Crippen LogP) is 4.60. The maximum atomic E-state index is 13.0. The first-order chi connectivity index (χ1) is 9.19. The third kappa shape index (κ3) is 3.96. The van der Waals surface area contributed by atoms with E-state index in [-0.39, 0.29) is 5.82 Å². The molecule has 0 aliphatic heterocycles. The molecule has 4 heteroatoms. The van der Waals surface area contributed by atoms with Gasteiger partial charge in [-0.15, -0.1) is 0 Å². The monoisotopic (exact) mass is 323 g/mol. The molecule has 100 valence electrons. The fourth-order valence-corrected chi connectivity index (χ4v) is 2.22. The van der Waals surface area contributed by atoms with Crippen LogP contribution in [0, 0.1) is 5.82 Å². The Bertz CT molecular complexity index is 560. The molecule has 1 N–H and O–H groups in total. The number of anilines is 1. The molecule has 0 saturated heterocycles. The van der Waals surface area contributed by atoms with E-state index < -0.39 is 0 Å². The van der Waals surface area contributed by atoms with Crippen LogP contribution >= 0.6 is 15.9 Å². The molecule has 0 heterocycles. The van der Waals surface area contributed by atoms with Gasteiger partial charge in [0.1, 0.15) is 11.6 Å². The van der Waals surface area contributed by atoms with E-state index in [0.29, 0.717) is 13.2 Å². The van der Waals surface area contributed by atoms with Gasteiger partial charge < -0.3 is 10.1 Å². The second-order valence-electron chi connectivity index (χ2n) is 4.05. The van der Waals surface area contributed by atoms with Crippen LogP contribution in [0.3, 0.4) is 0 Å². The van der Waals surface area contributed by atoms with Gasteiger partial charge >= 0.3 is 0 Å². The summed E-state index contributed by atoms with van der Waals surface area (Å²) in [6, 6.07) is 12.5. The molecule has 0 radical (unpaired) electrons. The molecule has 2 nitrogen and oxygen atoms in total. The van der Waals surface area contributed by atoms with Crippen molar-refractivity contribution in [2.75, 3.05) is 11.9 Å². The molecular formula is C15H15BrFNO. The van der Waals surface area contributed by atoms with E-state index in [1.165, 1.54) is 12.1 Å². The fraction of sp³-hybridized carbons (Fsp3) is 0.200. The minimum Gasteiger partial charge on any atom is -0.494 e. The molecule has 0 spiro atoms. The molecule has 0 aromatic heterocycles. The summed E-state index contributed by atoms with van der Waals surface area (Å²) in [4.78, 5) is 0. The Morgan fingerprint density at radius 2 is 2.05 bits per heavy atom. The largest absolute Gasteiger partial charge is 0.494 e. The molecule has 0 amide bonds. The lowest BCUT2D eigenvalue weighted by molar-refractivity contribution is 0.340. The van der Waals surface area contributed by atoms with Crippen molar-refractivity contribution < 1.29 is 9.13 Å². The normalized spacial score (nSPS) is 10.3. The number of nitrogens with one attached hydrogen (secondary N) is 1. The highest BCUT2D eigenvalue weighted by Gasteiger charge is 2.02. The molecule has 0 atom stereocenters. The lowest BCUT2D eigenvalue weighted by Crippen LogP contribution is -2.01. The minimum absolute atomic E-state index is 0.242. The van der Waals surface area contributed by atoms with Crippen molar-refractivity contribution >= 4 is 21.6 Å². The third-order valence-electron chi connectivity index (χ3n) is 2.64. The summed E-state index contributed by atoms with van der Waals surface area (Å²) in [6.07, 6.45) is 0. The Labute approximate surface area is 120 Å². The average molecular weight is 324 g/mol. The van der Waals surface area contributed by atoms with Crippen LogP contribution in [0.1, 0.15) is 12.5 Å². The first-order valence-electron chi connectivity index (χ1n) is 6.09. The van der Waals surface area contributed by atoms with E-state index in [0.717, 1.165) is 21.5 Å². The standard InChI is InChI=1S/C15H15BrFNO/c1-2-19-14-5-3-4-13(9-14)18-10-11-6-7-12(17)8-15(11)16/h3-9,18H,2,10H2,1H3. The van der Waals surface area contributed by atoms with Crippen LogP contribution in [0.2, 0.25) is 0 Å². The lowest BCUT2D eigenvalue weighted by atomic mass is 10.2. The summed E-state index contributed by atoms with van der Waals surface area (Å²) in [5.41, 5.74) is 1.98. The van der Waals surface area contributed by atoms with Gasteiger partial charge in [-0.05, 0) is 36.8 Å². The van der Waals surface area contributed by atoms with Gasteiger partial charge in [0.25, 0.3) is 0 Å². The summed E-state index contributed by atoms with van der Waals surface area (Å²) in [6.45, 7) is 3.22. The fourth-order valence-electron chi connectivity index (χ4n) is 1.72. The first kappa shape index (κ1) is 13.9. The predicted molar refractivity (Wildman–Crippen MR) is 79.0 cm³/mol. The van der Waals surface area contributed by atoms with E-state index in [4.69, 9.17) is 4.74 Å². The van der Waals surface area contributed by atoms with E-state index in [2.05, 4.69) is 21.2 Å². The molecule has 19 heavy (non-hydrogen) atoms. The minimum atomic E-state index is -0.242. The highest BCUT2D eigenvalue weighted by molar-refractivity contribution is 9.10. The summed E-state index contributed by atoms with van der Waals surface area (Å²) in [5, 5.41) is 3.29. The molecule has 0 aliphatic rings. The van der Waals surface area contributed by atoms with Gasteiger partial charge in [0.15, 0.2) is 0 Å². The van der Waals surface area contributed by atoms with Crippen LogP contribution in [-0.2, 0) is 6.54 Å². The molecule has 2 aromatic carbocycles. The van der Waals surface area contributed by atoms with Gasteiger partial charge in [0.05, 0.1) is 6.61 Å². The van der Waals surface area contributed by atoms with Crippen molar-refractivity contribution in [2.24, 2.45) is 0 Å². The van der Waals surface area contributed by atoms with Crippen LogP contribution < -0.4 is 10.1 Å². The van der Waals surface area contributed by atoms with E-state index in [9.17, 15) is 4.39 Å². The van der Waals surface area contributed by atoms with Crippen molar-refractivity contribution in [3.05, 3.63) is 58.3 Å². The van der Waals surface area contributed by atoms with Crippen molar-refractivity contribution in [3.63, 3.8) is 0 Å². The number of hydrogen-bond donors (Lipinski definition) is 1. The number of halogens is 2. The summed E-state index contributed by atoms with van der Waals surface area (Å²) < 4.78 is 19.2. The Morgan fingerprint density at radius 3 is 2.79 bits per heavy atom. The Balaban J connectivity index is 2.03. The van der Waals surface area contributed by atoms with Crippen molar-refractivity contribution in [1.82, 2.24) is 0 Å². The van der Waals surface area contributed by atoms with E-state index in [1.807, 2.05) is 31.2 Å². The van der Waals surface area contributed by atoms with E-state index in [1.54, 1.807) is 6.07 Å². The third-order valence-corrected chi connectivity index (χ3v) is 3.38. The van der Waals surface area contributed by atoms with Gasteiger partial charge in [-0.2, -0.15) is 0 Å². The van der Waals surface area contributed by atoms with Crippen LogP contribution in [-0.4, -0.2) is 6.61 Å². The Hall–Kier alpha value is -1.55. The first-order valence-corrected chi connectivity index (χ1v) is 6.89. The van der Waals surface area contributed by atoms with Crippen molar-refractivity contribution in [1.29, 1.82) is 0 Å². The molecular weight excluding hydrogens is 309 g/mol. The number of ether oxygens (including phenoxy) is 1. The van der Waals surface area contributed by atoms with Gasteiger partial charge in [0.2, 0.25) is 0 Å². The smallest absolute Gasteiger partial charge is 0.124 e. The van der Waals surface area contributed by atoms with Gasteiger partial charge in [-0.25, -0.2) is 4.39 Å². The van der Waals surface area contributed by atoms with Crippen molar-refractivity contribution in [3.8, 4) is 5.75 Å². The molecule has 2 rings (SSSR count). The highest BCUT2D eigenvalue weighted by Crippen LogP contribution is 2.21. The number of rotatable bonds is 5. The second kappa shape index (κ2) is 6.57. The zero-order chi connectivity index (χ0) is 13.7. The van der Waals surface area contributed by atoms with Gasteiger partial charge in [-0.1, -0.05) is 28.1 Å². The van der Waals surface area contributed by atoms with Gasteiger partial charge in [-0.3, -0.25) is 0 Å². The molecule has 0 bridgehead atoms. The molecule has 2 aromatic rings. The summed E-state index contributed by atoms with van der Waals surface area (Å²) in [5.74, 6) is 0.597. The van der Waals surface area contributed by atoms with E-state index >= 15 is 0 Å². The molecule has 0 saturated carbocycles. The van der Waals surface area contributed by atoms with Crippen LogP contribution in [0.15, 0.2) is 46.9 Å². The SMILES string of the molecule is CCOc1cccc(NCc2ccc(F)cc2Br)c1. The molecule has 0 fully saturated rings. The molecule has 0 aliphatic carbocycles. The Kier molecular flexibility index (Phi) is 4.80. The quantitative estimate of drug-likeness (QED) is 0.868. The summed E-state index contributed by atoms with van der Waals surface area (Å²) >= 11 is 3.36. The second-order valence-corrected chi connectivity index (χ2v) is 4.90. The van der Waals surface area contributed by atoms with Crippen molar-refractivity contribution in [2.45, 2.75) is 13.5 Å². The maximum Gasteiger partial charge on any atom is 0.124 e. The lowest BCUT2D eigenvalue weighted by Gasteiger charge is -2.10.